The van der Waals surface area contributed by atoms with Gasteiger partial charge in [0.2, 0.25) is 11.8 Å². The van der Waals surface area contributed by atoms with Gasteiger partial charge in [0.15, 0.2) is 5.16 Å². The lowest BCUT2D eigenvalue weighted by Crippen LogP contribution is -2.19. The third-order valence-electron chi connectivity index (χ3n) is 4.35. The number of amides is 2. The molecule has 0 spiro atoms. The fraction of sp³-hybridized carbons (Fsp3) is 0.286. The molecule has 0 fully saturated rings. The highest BCUT2D eigenvalue weighted by Gasteiger charge is 2.14. The number of fused-ring (bicyclic) bond motifs is 1. The average Bonchev–Trinajstić information content (AvgIpc) is 3.03. The molecule has 0 aliphatic carbocycles. The Kier molecular flexibility index (Phi) is 6.71. The summed E-state index contributed by atoms with van der Waals surface area (Å²) in [4.78, 5) is 28.5. The summed E-state index contributed by atoms with van der Waals surface area (Å²) < 4.78 is 1.96. The van der Waals surface area contributed by atoms with Gasteiger partial charge < -0.3 is 15.6 Å². The standard InChI is InChI=1S/C21H24N4O2S/c1-2-3-6-13-28-21-24-17-7-4-5-8-18(17)25(21)14-19(26)23-16-11-9-15(10-12-16)20(22)27/h4-5,7-12H,2-3,6,13-14H2,1H3,(H2,22,27)(H,23,26). The molecule has 0 bridgehead atoms. The lowest BCUT2D eigenvalue weighted by atomic mass is 10.2. The summed E-state index contributed by atoms with van der Waals surface area (Å²) in [6.45, 7) is 2.36. The van der Waals surface area contributed by atoms with E-state index in [1.54, 1.807) is 36.0 Å². The number of para-hydroxylation sites is 2. The number of nitrogens with zero attached hydrogens (tertiary/aromatic N) is 2. The van der Waals surface area contributed by atoms with E-state index in [-0.39, 0.29) is 12.5 Å². The van der Waals surface area contributed by atoms with Crippen LogP contribution < -0.4 is 11.1 Å². The van der Waals surface area contributed by atoms with Crippen LogP contribution in [0.25, 0.3) is 11.0 Å². The predicted octanol–water partition coefficient (Wildman–Crippen LogP) is 4.06. The Hall–Kier alpha value is -2.80. The Bertz CT molecular complexity index is 966. The molecule has 0 saturated carbocycles. The van der Waals surface area contributed by atoms with E-state index in [0.717, 1.165) is 28.4 Å². The molecule has 0 radical (unpaired) electrons. The van der Waals surface area contributed by atoms with Crippen LogP contribution in [-0.2, 0) is 11.3 Å². The van der Waals surface area contributed by atoms with Gasteiger partial charge in [0.25, 0.3) is 0 Å². The molecule has 0 aliphatic rings. The van der Waals surface area contributed by atoms with Crippen molar-refractivity contribution in [2.24, 2.45) is 5.73 Å². The molecule has 0 unspecified atom stereocenters. The molecule has 28 heavy (non-hydrogen) atoms. The van der Waals surface area contributed by atoms with Gasteiger partial charge in [0, 0.05) is 17.0 Å². The van der Waals surface area contributed by atoms with Gasteiger partial charge in [-0.3, -0.25) is 9.59 Å². The smallest absolute Gasteiger partial charge is 0.248 e. The van der Waals surface area contributed by atoms with Crippen molar-refractivity contribution in [2.75, 3.05) is 11.1 Å². The van der Waals surface area contributed by atoms with Crippen molar-refractivity contribution in [3.63, 3.8) is 0 Å². The van der Waals surface area contributed by atoms with Crippen molar-refractivity contribution in [1.29, 1.82) is 0 Å². The zero-order valence-electron chi connectivity index (χ0n) is 15.9. The summed E-state index contributed by atoms with van der Waals surface area (Å²) in [6.07, 6.45) is 3.49. The van der Waals surface area contributed by atoms with Crippen LogP contribution in [-0.4, -0.2) is 27.1 Å². The van der Waals surface area contributed by atoms with Crippen LogP contribution in [0, 0.1) is 0 Å². The van der Waals surface area contributed by atoms with Crippen LogP contribution in [0.15, 0.2) is 53.7 Å². The van der Waals surface area contributed by atoms with Gasteiger partial charge in [-0.05, 0) is 42.8 Å². The first-order valence-electron chi connectivity index (χ1n) is 9.36. The maximum absolute atomic E-state index is 12.6. The third-order valence-corrected chi connectivity index (χ3v) is 5.42. The first kappa shape index (κ1) is 19.9. The second-order valence-corrected chi connectivity index (χ2v) is 7.58. The molecule has 0 saturated heterocycles. The molecule has 0 aliphatic heterocycles. The Balaban J connectivity index is 1.74. The van der Waals surface area contributed by atoms with Crippen LogP contribution in [0.1, 0.15) is 36.5 Å². The zero-order chi connectivity index (χ0) is 19.9. The number of thioether (sulfide) groups is 1. The largest absolute Gasteiger partial charge is 0.366 e. The Labute approximate surface area is 168 Å². The number of rotatable bonds is 9. The quantitative estimate of drug-likeness (QED) is 0.422. The van der Waals surface area contributed by atoms with Crippen LogP contribution in [0.2, 0.25) is 0 Å². The number of unbranched alkanes of at least 4 members (excludes halogenated alkanes) is 2. The Morgan fingerprint density at radius 2 is 1.86 bits per heavy atom. The Morgan fingerprint density at radius 1 is 1.11 bits per heavy atom. The van der Waals surface area contributed by atoms with E-state index < -0.39 is 5.91 Å². The number of aromatic nitrogens is 2. The molecule has 7 heteroatoms. The van der Waals surface area contributed by atoms with Gasteiger partial charge in [-0.2, -0.15) is 0 Å². The van der Waals surface area contributed by atoms with Gasteiger partial charge in [-0.1, -0.05) is 43.7 Å². The number of imidazole rings is 1. The lowest BCUT2D eigenvalue weighted by Gasteiger charge is -2.10. The van der Waals surface area contributed by atoms with E-state index in [1.165, 1.54) is 12.8 Å². The van der Waals surface area contributed by atoms with Crippen molar-refractivity contribution in [3.8, 4) is 0 Å². The fourth-order valence-corrected chi connectivity index (χ4v) is 3.91. The topological polar surface area (TPSA) is 90.0 Å². The maximum Gasteiger partial charge on any atom is 0.248 e. The number of carbonyl (C=O) groups excluding carboxylic acids is 2. The van der Waals surface area contributed by atoms with Crippen LogP contribution >= 0.6 is 11.8 Å². The van der Waals surface area contributed by atoms with Gasteiger partial charge in [-0.15, -0.1) is 0 Å². The van der Waals surface area contributed by atoms with E-state index in [4.69, 9.17) is 10.7 Å². The molecule has 3 N–H and O–H groups in total. The minimum Gasteiger partial charge on any atom is -0.366 e. The number of nitrogens with two attached hydrogens (primary N) is 1. The predicted molar refractivity (Wildman–Crippen MR) is 114 cm³/mol. The molecule has 1 aromatic heterocycles. The van der Waals surface area contributed by atoms with E-state index >= 15 is 0 Å². The lowest BCUT2D eigenvalue weighted by molar-refractivity contribution is -0.116. The molecule has 2 amide bonds. The van der Waals surface area contributed by atoms with Crippen molar-refractivity contribution < 1.29 is 9.59 Å². The van der Waals surface area contributed by atoms with Gasteiger partial charge in [0.1, 0.15) is 6.54 Å². The van der Waals surface area contributed by atoms with Crippen LogP contribution in [0.3, 0.4) is 0 Å². The highest BCUT2D eigenvalue weighted by Crippen LogP contribution is 2.25. The SMILES string of the molecule is CCCCCSc1nc2ccccc2n1CC(=O)Nc1ccc(C(N)=O)cc1. The fourth-order valence-electron chi connectivity index (χ4n) is 2.89. The van der Waals surface area contributed by atoms with E-state index in [9.17, 15) is 9.59 Å². The number of anilines is 1. The molecule has 146 valence electrons. The molecule has 1 heterocycles. The summed E-state index contributed by atoms with van der Waals surface area (Å²) >= 11 is 1.69. The highest BCUT2D eigenvalue weighted by molar-refractivity contribution is 7.99. The number of primary amides is 1. The van der Waals surface area contributed by atoms with Crippen molar-refractivity contribution in [2.45, 2.75) is 37.9 Å². The summed E-state index contributed by atoms with van der Waals surface area (Å²) in [5, 5.41) is 3.72. The summed E-state index contributed by atoms with van der Waals surface area (Å²) in [5.74, 6) is 0.339. The summed E-state index contributed by atoms with van der Waals surface area (Å²) in [6, 6.07) is 14.4. The monoisotopic (exact) mass is 396 g/mol. The number of hydrogen-bond donors (Lipinski definition) is 2. The number of carbonyl (C=O) groups is 2. The minimum absolute atomic E-state index is 0.148. The van der Waals surface area contributed by atoms with E-state index in [2.05, 4.69) is 12.2 Å². The minimum atomic E-state index is -0.493. The van der Waals surface area contributed by atoms with Crippen LogP contribution in [0.5, 0.6) is 0 Å². The van der Waals surface area contributed by atoms with Gasteiger partial charge in [-0.25, -0.2) is 4.98 Å². The van der Waals surface area contributed by atoms with Gasteiger partial charge >= 0.3 is 0 Å². The second-order valence-electron chi connectivity index (χ2n) is 6.51. The van der Waals surface area contributed by atoms with Crippen LogP contribution in [0.4, 0.5) is 5.69 Å². The summed E-state index contributed by atoms with van der Waals surface area (Å²) in [7, 11) is 0. The highest BCUT2D eigenvalue weighted by atomic mass is 32.2. The Morgan fingerprint density at radius 3 is 2.57 bits per heavy atom. The second kappa shape index (κ2) is 9.41. The van der Waals surface area contributed by atoms with E-state index in [1.807, 2.05) is 28.8 Å². The number of hydrogen-bond acceptors (Lipinski definition) is 4. The number of benzene rings is 2. The average molecular weight is 397 g/mol. The summed E-state index contributed by atoms with van der Waals surface area (Å²) in [5.41, 5.74) is 8.11. The molecule has 3 rings (SSSR count). The maximum atomic E-state index is 12.6. The van der Waals surface area contributed by atoms with Gasteiger partial charge in [0.05, 0.1) is 11.0 Å². The number of nitrogens with one attached hydrogen (secondary N) is 1. The molecular formula is C21H24N4O2S. The molecule has 6 nitrogen and oxygen atoms in total. The van der Waals surface area contributed by atoms with Crippen molar-refractivity contribution in [1.82, 2.24) is 9.55 Å². The van der Waals surface area contributed by atoms with Crippen molar-refractivity contribution >= 4 is 40.3 Å². The molecular weight excluding hydrogens is 372 g/mol. The first-order chi connectivity index (χ1) is 13.6. The normalized spacial score (nSPS) is 10.9. The third kappa shape index (κ3) is 4.92. The van der Waals surface area contributed by atoms with Crippen molar-refractivity contribution in [3.05, 3.63) is 54.1 Å². The molecule has 2 aromatic carbocycles. The molecule has 0 atom stereocenters. The van der Waals surface area contributed by atoms with E-state index in [0.29, 0.717) is 11.3 Å². The first-order valence-corrected chi connectivity index (χ1v) is 10.3. The molecule has 3 aromatic rings. The zero-order valence-corrected chi connectivity index (χ0v) is 16.7.